The van der Waals surface area contributed by atoms with E-state index >= 15 is 0 Å². The molecule has 368 valence electrons. The highest BCUT2D eigenvalue weighted by Crippen LogP contribution is 2.17. The Hall–Kier alpha value is -1.40. The lowest BCUT2D eigenvalue weighted by Crippen LogP contribution is -2.45. The number of allylic oxidation sites excluding steroid dienone is 2. The molecule has 2 unspecified atom stereocenters. The molecule has 0 saturated heterocycles. The van der Waals surface area contributed by atoms with Crippen molar-refractivity contribution in [1.29, 1.82) is 0 Å². The van der Waals surface area contributed by atoms with Gasteiger partial charge < -0.3 is 20.3 Å². The number of unbranched alkanes of at least 4 members (excludes halogenated alkanes) is 39. The Morgan fingerprint density at radius 2 is 0.758 bits per heavy atom. The minimum absolute atomic E-state index is 0.0219. The van der Waals surface area contributed by atoms with Gasteiger partial charge >= 0.3 is 5.97 Å². The fraction of sp³-hybridized carbons (Fsp3) is 0.929. The standard InChI is InChI=1S/C56H109NO5/c1-3-5-7-9-11-13-15-17-18-19-20-21-22-23-24-26-28-32-36-40-44-48-54(59)53(52-58)57-55(60)49-45-41-37-33-29-27-31-35-39-43-47-51-62-56(61)50-46-42-38-34-30-25-16-14-12-10-8-6-4-2/h14,16,53-54,58-59H,3-13,15,17-52H2,1-2H3,(H,57,60)/b16-14-. The van der Waals surface area contributed by atoms with Gasteiger partial charge in [0.15, 0.2) is 0 Å². The molecule has 0 aromatic heterocycles. The Morgan fingerprint density at radius 3 is 1.16 bits per heavy atom. The normalized spacial score (nSPS) is 12.6. The Bertz CT molecular complexity index is 924. The number of nitrogens with one attached hydrogen (secondary N) is 1. The van der Waals surface area contributed by atoms with Crippen molar-refractivity contribution in [2.45, 2.75) is 321 Å². The van der Waals surface area contributed by atoms with Crippen molar-refractivity contribution in [3.05, 3.63) is 12.2 Å². The highest BCUT2D eigenvalue weighted by atomic mass is 16.5. The predicted molar refractivity (Wildman–Crippen MR) is 269 cm³/mol. The number of rotatable bonds is 52. The summed E-state index contributed by atoms with van der Waals surface area (Å²) in [5, 5.41) is 23.3. The van der Waals surface area contributed by atoms with E-state index in [9.17, 15) is 19.8 Å². The number of carbonyl (C=O) groups excluding carboxylic acids is 2. The van der Waals surface area contributed by atoms with E-state index in [1.807, 2.05) is 0 Å². The number of hydrogen-bond donors (Lipinski definition) is 3. The van der Waals surface area contributed by atoms with Crippen LogP contribution >= 0.6 is 0 Å². The van der Waals surface area contributed by atoms with E-state index in [2.05, 4.69) is 31.3 Å². The molecule has 0 saturated carbocycles. The maximum absolute atomic E-state index is 12.5. The fourth-order valence-corrected chi connectivity index (χ4v) is 8.75. The third-order valence-corrected chi connectivity index (χ3v) is 13.1. The molecule has 6 heteroatoms. The second kappa shape index (κ2) is 52.2. The van der Waals surface area contributed by atoms with E-state index in [0.717, 1.165) is 57.8 Å². The summed E-state index contributed by atoms with van der Waals surface area (Å²) in [5.41, 5.74) is 0. The first-order chi connectivity index (χ1) is 30.5. The van der Waals surface area contributed by atoms with Crippen LogP contribution in [0.2, 0.25) is 0 Å². The molecule has 0 spiro atoms. The van der Waals surface area contributed by atoms with E-state index in [4.69, 9.17) is 4.74 Å². The molecule has 62 heavy (non-hydrogen) atoms. The fourth-order valence-electron chi connectivity index (χ4n) is 8.75. The quantitative estimate of drug-likeness (QED) is 0.0321. The van der Waals surface area contributed by atoms with Gasteiger partial charge in [0.2, 0.25) is 5.91 Å². The molecule has 0 rings (SSSR count). The van der Waals surface area contributed by atoms with Crippen molar-refractivity contribution >= 4 is 11.9 Å². The van der Waals surface area contributed by atoms with Crippen molar-refractivity contribution in [2.24, 2.45) is 0 Å². The van der Waals surface area contributed by atoms with Crippen LogP contribution < -0.4 is 5.32 Å². The molecule has 3 N–H and O–H groups in total. The van der Waals surface area contributed by atoms with Crippen LogP contribution in [0.4, 0.5) is 0 Å². The Kier molecular flexibility index (Phi) is 51.0. The molecule has 0 aliphatic carbocycles. The number of amides is 1. The second-order valence-electron chi connectivity index (χ2n) is 19.3. The highest BCUT2D eigenvalue weighted by Gasteiger charge is 2.20. The van der Waals surface area contributed by atoms with Gasteiger partial charge in [-0.2, -0.15) is 0 Å². The molecular weight excluding hydrogens is 767 g/mol. The van der Waals surface area contributed by atoms with Gasteiger partial charge in [-0.05, 0) is 51.4 Å². The largest absolute Gasteiger partial charge is 0.466 e. The lowest BCUT2D eigenvalue weighted by atomic mass is 10.0. The number of hydrogen-bond acceptors (Lipinski definition) is 5. The number of carbonyl (C=O) groups is 2. The van der Waals surface area contributed by atoms with Crippen LogP contribution in [-0.2, 0) is 14.3 Å². The molecule has 6 nitrogen and oxygen atoms in total. The predicted octanol–water partition coefficient (Wildman–Crippen LogP) is 16.9. The second-order valence-corrected chi connectivity index (χ2v) is 19.3. The highest BCUT2D eigenvalue weighted by molar-refractivity contribution is 5.76. The lowest BCUT2D eigenvalue weighted by Gasteiger charge is -2.22. The number of aliphatic hydroxyl groups is 2. The van der Waals surface area contributed by atoms with Gasteiger partial charge in [-0.3, -0.25) is 9.59 Å². The van der Waals surface area contributed by atoms with E-state index in [1.54, 1.807) is 0 Å². The monoisotopic (exact) mass is 876 g/mol. The molecule has 2 atom stereocenters. The third kappa shape index (κ3) is 48.1. The van der Waals surface area contributed by atoms with Gasteiger partial charge in [0, 0.05) is 12.8 Å². The van der Waals surface area contributed by atoms with Crippen LogP contribution in [0.3, 0.4) is 0 Å². The molecule has 0 aromatic rings. The van der Waals surface area contributed by atoms with Crippen molar-refractivity contribution < 1.29 is 24.5 Å². The summed E-state index contributed by atoms with van der Waals surface area (Å²) in [6.45, 7) is 4.91. The summed E-state index contributed by atoms with van der Waals surface area (Å²) >= 11 is 0. The topological polar surface area (TPSA) is 95.9 Å². The van der Waals surface area contributed by atoms with Gasteiger partial charge in [-0.25, -0.2) is 0 Å². The molecule has 1 amide bonds. The summed E-state index contributed by atoms with van der Waals surface area (Å²) in [7, 11) is 0. The van der Waals surface area contributed by atoms with Gasteiger partial charge in [0.1, 0.15) is 0 Å². The van der Waals surface area contributed by atoms with Gasteiger partial charge in [0.05, 0.1) is 25.4 Å². The van der Waals surface area contributed by atoms with Crippen LogP contribution in [0.15, 0.2) is 12.2 Å². The number of ether oxygens (including phenoxy) is 1. The van der Waals surface area contributed by atoms with Crippen LogP contribution in [-0.4, -0.2) is 47.4 Å². The molecule has 0 radical (unpaired) electrons. The van der Waals surface area contributed by atoms with Gasteiger partial charge in [-0.15, -0.1) is 0 Å². The van der Waals surface area contributed by atoms with E-state index < -0.39 is 12.1 Å². The smallest absolute Gasteiger partial charge is 0.305 e. The Labute approximate surface area is 387 Å². The average molecular weight is 876 g/mol. The first-order valence-electron chi connectivity index (χ1n) is 27.9. The molecule has 0 aliphatic rings. The van der Waals surface area contributed by atoms with Crippen LogP contribution in [0, 0.1) is 0 Å². The first-order valence-corrected chi connectivity index (χ1v) is 27.9. The third-order valence-electron chi connectivity index (χ3n) is 13.1. The molecule has 0 aromatic carbocycles. The number of aliphatic hydroxyl groups excluding tert-OH is 2. The molecular formula is C56H109NO5. The average Bonchev–Trinajstić information content (AvgIpc) is 3.27. The molecule has 0 fully saturated rings. The first kappa shape index (κ1) is 60.6. The Morgan fingerprint density at radius 1 is 0.435 bits per heavy atom. The summed E-state index contributed by atoms with van der Waals surface area (Å²) < 4.78 is 5.45. The molecule has 0 aliphatic heterocycles. The van der Waals surface area contributed by atoms with Crippen molar-refractivity contribution in [3.63, 3.8) is 0 Å². The summed E-state index contributed by atoms with van der Waals surface area (Å²) in [4.78, 5) is 24.5. The molecule has 0 heterocycles. The van der Waals surface area contributed by atoms with Gasteiger partial charge in [0.25, 0.3) is 0 Å². The van der Waals surface area contributed by atoms with Crippen molar-refractivity contribution in [2.75, 3.05) is 13.2 Å². The minimum atomic E-state index is -0.677. The minimum Gasteiger partial charge on any atom is -0.466 e. The zero-order valence-electron chi connectivity index (χ0n) is 41.9. The van der Waals surface area contributed by atoms with Gasteiger partial charge in [-0.1, -0.05) is 257 Å². The van der Waals surface area contributed by atoms with Crippen molar-refractivity contribution in [3.8, 4) is 0 Å². The zero-order valence-corrected chi connectivity index (χ0v) is 41.9. The SMILES string of the molecule is CCCCCC/C=C\CCCCCCCC(=O)OCCCCCCCCCCCCCC(=O)NC(CO)C(O)CCCCCCCCCCCCCCCCCCCCCCC. The molecule has 0 bridgehead atoms. The van der Waals surface area contributed by atoms with Crippen LogP contribution in [0.5, 0.6) is 0 Å². The summed E-state index contributed by atoms with van der Waals surface area (Å²) in [6, 6.07) is -0.556. The maximum atomic E-state index is 12.5. The van der Waals surface area contributed by atoms with E-state index in [1.165, 1.54) is 218 Å². The Balaban J connectivity index is 3.46. The zero-order chi connectivity index (χ0) is 45.1. The van der Waals surface area contributed by atoms with E-state index in [0.29, 0.717) is 25.9 Å². The van der Waals surface area contributed by atoms with Crippen LogP contribution in [0.25, 0.3) is 0 Å². The van der Waals surface area contributed by atoms with Crippen molar-refractivity contribution in [1.82, 2.24) is 5.32 Å². The summed E-state index contributed by atoms with van der Waals surface area (Å²) in [6.07, 6.45) is 60.5. The maximum Gasteiger partial charge on any atom is 0.305 e. The lowest BCUT2D eigenvalue weighted by molar-refractivity contribution is -0.143. The summed E-state index contributed by atoms with van der Waals surface area (Å²) in [5.74, 6) is -0.0731. The van der Waals surface area contributed by atoms with Crippen LogP contribution in [0.1, 0.15) is 309 Å². The number of esters is 1. The van der Waals surface area contributed by atoms with E-state index in [-0.39, 0.29) is 18.5 Å².